The lowest BCUT2D eigenvalue weighted by molar-refractivity contribution is -0.139. The second-order valence-corrected chi connectivity index (χ2v) is 6.25. The molecule has 0 amide bonds. The number of aliphatic hydroxyl groups excluding tert-OH is 1. The largest absolute Gasteiger partial charge is 0.482 e. The highest BCUT2D eigenvalue weighted by Crippen LogP contribution is 2.23. The van der Waals surface area contributed by atoms with Crippen molar-refractivity contribution in [1.29, 1.82) is 0 Å². The topological polar surface area (TPSA) is 95.8 Å². The second-order valence-electron chi connectivity index (χ2n) is 6.25. The molecule has 0 saturated carbocycles. The number of hydrogen-bond donors (Lipinski definition) is 2. The van der Waals surface area contributed by atoms with Gasteiger partial charge in [-0.2, -0.15) is 0 Å². The zero-order chi connectivity index (χ0) is 17.6. The first-order valence-electron chi connectivity index (χ1n) is 8.19. The number of aliphatic hydroxyl groups is 1. The summed E-state index contributed by atoms with van der Waals surface area (Å²) in [6.45, 7) is 1.81. The number of nitrogens with zero attached hydrogens (tertiary/aromatic N) is 3. The highest BCUT2D eigenvalue weighted by atomic mass is 16.5. The highest BCUT2D eigenvalue weighted by Gasteiger charge is 2.31. The van der Waals surface area contributed by atoms with Gasteiger partial charge in [0.2, 0.25) is 0 Å². The molecule has 25 heavy (non-hydrogen) atoms. The molecule has 0 aliphatic carbocycles. The number of rotatable bonds is 7. The lowest BCUT2D eigenvalue weighted by Gasteiger charge is -2.16. The van der Waals surface area contributed by atoms with E-state index in [-0.39, 0.29) is 18.6 Å². The Labute approximate surface area is 145 Å². The van der Waals surface area contributed by atoms with E-state index in [1.807, 2.05) is 12.1 Å². The third-order valence-corrected chi connectivity index (χ3v) is 4.26. The van der Waals surface area contributed by atoms with Gasteiger partial charge < -0.3 is 14.9 Å². The first-order valence-corrected chi connectivity index (χ1v) is 8.19. The van der Waals surface area contributed by atoms with Gasteiger partial charge in [0.15, 0.2) is 6.61 Å². The van der Waals surface area contributed by atoms with Crippen LogP contribution >= 0.6 is 0 Å². The Balaban J connectivity index is 1.52. The molecule has 1 saturated heterocycles. The van der Waals surface area contributed by atoms with Crippen molar-refractivity contribution < 1.29 is 19.7 Å². The van der Waals surface area contributed by atoms with E-state index in [9.17, 15) is 9.90 Å². The van der Waals surface area contributed by atoms with E-state index in [1.54, 1.807) is 30.7 Å². The Kier molecular flexibility index (Phi) is 5.57. The lowest BCUT2D eigenvalue weighted by Crippen LogP contribution is -2.21. The van der Waals surface area contributed by atoms with Gasteiger partial charge in [0.25, 0.3) is 0 Å². The first kappa shape index (κ1) is 17.3. The van der Waals surface area contributed by atoms with Gasteiger partial charge in [0.05, 0.1) is 11.8 Å². The lowest BCUT2D eigenvalue weighted by atomic mass is 10.0. The third-order valence-electron chi connectivity index (χ3n) is 4.26. The quantitative estimate of drug-likeness (QED) is 0.773. The monoisotopic (exact) mass is 343 g/mol. The molecule has 1 aromatic heterocycles. The standard InChI is InChI=1S/C18H21N3O4/c22-17-11-21(10-14(17)7-15-8-19-5-6-20-15)9-13-1-3-16(4-2-13)25-12-18(23)24/h1-6,8,14,17,22H,7,9-12H2,(H,23,24)/t14-,17-/m1/s1. The SMILES string of the molecule is O=C(O)COc1ccc(CN2C[C@@H](Cc3cnccn3)[C@H](O)C2)cc1. The van der Waals surface area contributed by atoms with Crippen molar-refractivity contribution in [3.05, 3.63) is 54.1 Å². The summed E-state index contributed by atoms with van der Waals surface area (Å²) in [4.78, 5) is 21.0. The number of carboxylic acid groups (broad SMARTS) is 1. The van der Waals surface area contributed by atoms with Crippen molar-refractivity contribution in [2.24, 2.45) is 5.92 Å². The van der Waals surface area contributed by atoms with Gasteiger partial charge in [-0.25, -0.2) is 4.79 Å². The molecule has 132 valence electrons. The van der Waals surface area contributed by atoms with Crippen molar-refractivity contribution in [2.45, 2.75) is 19.1 Å². The summed E-state index contributed by atoms with van der Waals surface area (Å²) in [5, 5.41) is 18.9. The van der Waals surface area contributed by atoms with Crippen molar-refractivity contribution in [2.75, 3.05) is 19.7 Å². The summed E-state index contributed by atoms with van der Waals surface area (Å²) >= 11 is 0. The second kappa shape index (κ2) is 8.04. The maximum atomic E-state index is 10.5. The van der Waals surface area contributed by atoms with Gasteiger partial charge in [0, 0.05) is 44.1 Å². The number of benzene rings is 1. The van der Waals surface area contributed by atoms with Crippen molar-refractivity contribution in [3.8, 4) is 5.75 Å². The van der Waals surface area contributed by atoms with Crippen molar-refractivity contribution >= 4 is 5.97 Å². The van der Waals surface area contributed by atoms with Crippen LogP contribution in [-0.4, -0.2) is 56.9 Å². The van der Waals surface area contributed by atoms with Gasteiger partial charge in [-0.3, -0.25) is 14.9 Å². The summed E-state index contributed by atoms with van der Waals surface area (Å²) in [6, 6.07) is 7.36. The average molecular weight is 343 g/mol. The number of hydrogen-bond acceptors (Lipinski definition) is 6. The molecule has 1 aliphatic heterocycles. The molecule has 3 rings (SSSR count). The molecule has 7 heteroatoms. The normalized spacial score (nSPS) is 20.5. The minimum atomic E-state index is -0.996. The number of ether oxygens (including phenoxy) is 1. The van der Waals surface area contributed by atoms with Gasteiger partial charge in [-0.05, 0) is 24.1 Å². The Hall–Kier alpha value is -2.51. The zero-order valence-corrected chi connectivity index (χ0v) is 13.8. The summed E-state index contributed by atoms with van der Waals surface area (Å²) < 4.78 is 5.13. The van der Waals surface area contributed by atoms with Crippen molar-refractivity contribution in [3.63, 3.8) is 0 Å². The Morgan fingerprint density at radius 1 is 1.24 bits per heavy atom. The van der Waals surface area contributed by atoms with Crippen LogP contribution in [0.2, 0.25) is 0 Å². The molecule has 0 spiro atoms. The number of likely N-dealkylation sites (tertiary alicyclic amines) is 1. The van der Waals surface area contributed by atoms with Gasteiger partial charge in [0.1, 0.15) is 5.75 Å². The van der Waals surface area contributed by atoms with Crippen LogP contribution in [0.4, 0.5) is 0 Å². The van der Waals surface area contributed by atoms with Crippen LogP contribution in [0.25, 0.3) is 0 Å². The van der Waals surface area contributed by atoms with Crippen LogP contribution in [0.1, 0.15) is 11.3 Å². The molecule has 2 heterocycles. The smallest absolute Gasteiger partial charge is 0.341 e. The minimum Gasteiger partial charge on any atom is -0.482 e. The fraction of sp³-hybridized carbons (Fsp3) is 0.389. The number of aromatic nitrogens is 2. The molecule has 0 unspecified atom stereocenters. The maximum absolute atomic E-state index is 10.5. The molecule has 1 aliphatic rings. The molecule has 1 fully saturated rings. The molecule has 7 nitrogen and oxygen atoms in total. The average Bonchev–Trinajstić information content (AvgIpc) is 2.94. The van der Waals surface area contributed by atoms with E-state index >= 15 is 0 Å². The van der Waals surface area contributed by atoms with Gasteiger partial charge >= 0.3 is 5.97 Å². The number of carbonyl (C=O) groups is 1. The van der Waals surface area contributed by atoms with E-state index in [4.69, 9.17) is 9.84 Å². The molecule has 1 aromatic carbocycles. The van der Waals surface area contributed by atoms with Crippen LogP contribution in [-0.2, 0) is 17.8 Å². The van der Waals surface area contributed by atoms with Gasteiger partial charge in [-0.1, -0.05) is 12.1 Å². The summed E-state index contributed by atoms with van der Waals surface area (Å²) in [5.74, 6) is -0.313. The Morgan fingerprint density at radius 2 is 2.04 bits per heavy atom. The number of aliphatic carboxylic acids is 1. The van der Waals surface area contributed by atoms with Crippen LogP contribution in [0.5, 0.6) is 5.75 Å². The summed E-state index contributed by atoms with van der Waals surface area (Å²) in [5.41, 5.74) is 1.99. The van der Waals surface area contributed by atoms with Gasteiger partial charge in [-0.15, -0.1) is 0 Å². The fourth-order valence-corrected chi connectivity index (χ4v) is 3.07. The molecule has 2 N–H and O–H groups in total. The molecular weight excluding hydrogens is 322 g/mol. The predicted molar refractivity (Wildman–Crippen MR) is 90.1 cm³/mol. The third kappa shape index (κ3) is 4.98. The fourth-order valence-electron chi connectivity index (χ4n) is 3.07. The van der Waals surface area contributed by atoms with E-state index in [1.165, 1.54) is 0 Å². The van der Waals surface area contributed by atoms with Crippen LogP contribution in [0.15, 0.2) is 42.9 Å². The minimum absolute atomic E-state index is 0.148. The van der Waals surface area contributed by atoms with E-state index in [2.05, 4.69) is 14.9 Å². The van der Waals surface area contributed by atoms with Crippen LogP contribution in [0.3, 0.4) is 0 Å². The van der Waals surface area contributed by atoms with E-state index in [0.717, 1.165) is 24.3 Å². The van der Waals surface area contributed by atoms with E-state index in [0.29, 0.717) is 18.7 Å². The molecular formula is C18H21N3O4. The summed E-state index contributed by atoms with van der Waals surface area (Å²) in [6.07, 6.45) is 5.39. The molecule has 0 bridgehead atoms. The zero-order valence-electron chi connectivity index (χ0n) is 13.8. The van der Waals surface area contributed by atoms with Crippen LogP contribution < -0.4 is 4.74 Å². The molecule has 0 radical (unpaired) electrons. The highest BCUT2D eigenvalue weighted by molar-refractivity contribution is 5.68. The molecule has 2 atom stereocenters. The Bertz CT molecular complexity index is 693. The van der Waals surface area contributed by atoms with Crippen LogP contribution in [0, 0.1) is 5.92 Å². The Morgan fingerprint density at radius 3 is 2.72 bits per heavy atom. The number of β-amino-alcohol motifs (C(OH)–C–C–N with tert-alkyl or cyclic N) is 1. The maximum Gasteiger partial charge on any atom is 0.341 e. The number of carboxylic acids is 1. The first-order chi connectivity index (χ1) is 12.1. The molecule has 2 aromatic rings. The summed E-state index contributed by atoms with van der Waals surface area (Å²) in [7, 11) is 0. The predicted octanol–water partition coefficient (Wildman–Crippen LogP) is 0.975. The van der Waals surface area contributed by atoms with Crippen molar-refractivity contribution in [1.82, 2.24) is 14.9 Å². The van der Waals surface area contributed by atoms with E-state index < -0.39 is 5.97 Å².